The molecule has 1 N–H and O–H groups in total. The Kier molecular flexibility index (Phi) is 6.61. The molecule has 0 radical (unpaired) electrons. The number of hydrogen-bond acceptors (Lipinski definition) is 4. The van der Waals surface area contributed by atoms with Gasteiger partial charge in [0.15, 0.2) is 0 Å². The number of likely N-dealkylation sites (tertiary alicyclic amines) is 1. The topological polar surface area (TPSA) is 74.0 Å². The summed E-state index contributed by atoms with van der Waals surface area (Å²) in [5.74, 6) is 6.14. The van der Waals surface area contributed by atoms with Crippen molar-refractivity contribution < 1.29 is 18.0 Å². The minimum atomic E-state index is -4.70. The van der Waals surface area contributed by atoms with Gasteiger partial charge in [-0.3, -0.25) is 9.48 Å². The number of aromatic nitrogens is 2. The number of carbonyl (C=O) groups is 1. The van der Waals surface area contributed by atoms with Crippen molar-refractivity contribution in [3.05, 3.63) is 47.3 Å². The van der Waals surface area contributed by atoms with Crippen LogP contribution in [0.2, 0.25) is 0 Å². The second-order valence-corrected chi connectivity index (χ2v) is 8.40. The Morgan fingerprint density at radius 3 is 2.56 bits per heavy atom. The second kappa shape index (κ2) is 9.05. The van der Waals surface area contributed by atoms with Crippen LogP contribution in [-0.2, 0) is 16.5 Å². The molecule has 1 amide bonds. The van der Waals surface area contributed by atoms with Crippen LogP contribution in [0.15, 0.2) is 30.6 Å². The van der Waals surface area contributed by atoms with Gasteiger partial charge in [0.05, 0.1) is 29.0 Å². The SMILES string of the molecule is CN1CCC(C#Cc2cnn(C(C)(C)C(=O)Nc3ccc(C#N)c(C(F)(F)F)c3)c2)CC1. The lowest BCUT2D eigenvalue weighted by Gasteiger charge is -2.25. The highest BCUT2D eigenvalue weighted by Gasteiger charge is 2.35. The number of rotatable bonds is 3. The van der Waals surface area contributed by atoms with E-state index in [1.807, 2.05) is 0 Å². The third-order valence-electron chi connectivity index (χ3n) is 5.55. The van der Waals surface area contributed by atoms with Crippen molar-refractivity contribution in [2.45, 2.75) is 38.4 Å². The third kappa shape index (κ3) is 5.30. The van der Waals surface area contributed by atoms with Crippen molar-refractivity contribution in [3.8, 4) is 17.9 Å². The molecule has 1 aromatic heterocycles. The summed E-state index contributed by atoms with van der Waals surface area (Å²) in [6.07, 6.45) is 0.540. The Hall–Kier alpha value is -3.30. The van der Waals surface area contributed by atoms with E-state index in [0.717, 1.165) is 38.1 Å². The van der Waals surface area contributed by atoms with Gasteiger partial charge in [-0.15, -0.1) is 0 Å². The largest absolute Gasteiger partial charge is 0.417 e. The molecule has 0 saturated carbocycles. The van der Waals surface area contributed by atoms with Gasteiger partial charge < -0.3 is 10.2 Å². The average molecular weight is 443 g/mol. The van der Waals surface area contributed by atoms with Crippen LogP contribution in [-0.4, -0.2) is 40.7 Å². The Morgan fingerprint density at radius 1 is 1.25 bits per heavy atom. The Labute approximate surface area is 185 Å². The Morgan fingerprint density at radius 2 is 1.94 bits per heavy atom. The Bertz CT molecular complexity index is 1090. The molecule has 3 rings (SSSR count). The van der Waals surface area contributed by atoms with Crippen molar-refractivity contribution in [2.24, 2.45) is 5.92 Å². The van der Waals surface area contributed by atoms with Gasteiger partial charge in [-0.25, -0.2) is 0 Å². The first-order valence-electron chi connectivity index (χ1n) is 10.2. The number of amides is 1. The maximum Gasteiger partial charge on any atom is 0.417 e. The number of nitrogens with one attached hydrogen (secondary N) is 1. The minimum absolute atomic E-state index is 0.0520. The summed E-state index contributed by atoms with van der Waals surface area (Å²) >= 11 is 0. The number of nitriles is 1. The molecule has 1 fully saturated rings. The minimum Gasteiger partial charge on any atom is -0.324 e. The third-order valence-corrected chi connectivity index (χ3v) is 5.55. The van der Waals surface area contributed by atoms with Crippen LogP contribution in [0.1, 0.15) is 43.4 Å². The quantitative estimate of drug-likeness (QED) is 0.732. The molecule has 9 heteroatoms. The molecule has 0 unspecified atom stereocenters. The normalized spacial score (nSPS) is 15.5. The maximum atomic E-state index is 13.2. The molecule has 1 aliphatic rings. The molecule has 1 aromatic carbocycles. The smallest absolute Gasteiger partial charge is 0.324 e. The van der Waals surface area contributed by atoms with E-state index in [2.05, 4.69) is 34.2 Å². The van der Waals surface area contributed by atoms with Crippen molar-refractivity contribution in [2.75, 3.05) is 25.5 Å². The number of carbonyl (C=O) groups excluding carboxylic acids is 1. The molecule has 0 aliphatic carbocycles. The van der Waals surface area contributed by atoms with Crippen molar-refractivity contribution >= 4 is 11.6 Å². The van der Waals surface area contributed by atoms with E-state index in [1.165, 1.54) is 16.8 Å². The summed E-state index contributed by atoms with van der Waals surface area (Å²) in [6, 6.07) is 4.58. The zero-order valence-electron chi connectivity index (χ0n) is 18.1. The molecule has 1 aliphatic heterocycles. The number of nitrogens with zero attached hydrogens (tertiary/aromatic N) is 4. The molecule has 0 atom stereocenters. The molecular formula is C23H24F3N5O. The van der Waals surface area contributed by atoms with Crippen LogP contribution in [0.4, 0.5) is 18.9 Å². The van der Waals surface area contributed by atoms with E-state index in [9.17, 15) is 18.0 Å². The van der Waals surface area contributed by atoms with Crippen LogP contribution in [0.5, 0.6) is 0 Å². The van der Waals surface area contributed by atoms with Gasteiger partial charge in [-0.05, 0) is 65.0 Å². The van der Waals surface area contributed by atoms with Crippen LogP contribution in [0.3, 0.4) is 0 Å². The van der Waals surface area contributed by atoms with E-state index in [1.54, 1.807) is 26.2 Å². The van der Waals surface area contributed by atoms with Gasteiger partial charge in [0.25, 0.3) is 5.91 Å². The molecule has 32 heavy (non-hydrogen) atoms. The first kappa shape index (κ1) is 23.4. The van der Waals surface area contributed by atoms with E-state index < -0.39 is 28.7 Å². The average Bonchev–Trinajstić information content (AvgIpc) is 3.22. The van der Waals surface area contributed by atoms with Crippen molar-refractivity contribution in [1.82, 2.24) is 14.7 Å². The van der Waals surface area contributed by atoms with Gasteiger partial charge in [0, 0.05) is 17.8 Å². The van der Waals surface area contributed by atoms with Gasteiger partial charge >= 0.3 is 6.18 Å². The first-order chi connectivity index (χ1) is 15.0. The van der Waals surface area contributed by atoms with E-state index in [4.69, 9.17) is 5.26 Å². The number of piperidine rings is 1. The summed E-state index contributed by atoms with van der Waals surface area (Å²) < 4.78 is 41.0. The fourth-order valence-electron chi connectivity index (χ4n) is 3.37. The summed E-state index contributed by atoms with van der Waals surface area (Å²) in [6.45, 7) is 5.24. The first-order valence-corrected chi connectivity index (χ1v) is 10.2. The summed E-state index contributed by atoms with van der Waals surface area (Å²) in [5, 5.41) is 15.6. The fraction of sp³-hybridized carbons (Fsp3) is 0.435. The molecule has 1 saturated heterocycles. The van der Waals surface area contributed by atoms with Gasteiger partial charge in [-0.2, -0.15) is 23.5 Å². The van der Waals surface area contributed by atoms with E-state index in [0.29, 0.717) is 11.5 Å². The zero-order valence-corrected chi connectivity index (χ0v) is 18.1. The fourth-order valence-corrected chi connectivity index (χ4v) is 3.37. The second-order valence-electron chi connectivity index (χ2n) is 8.40. The highest BCUT2D eigenvalue weighted by Crippen LogP contribution is 2.34. The molecule has 0 spiro atoms. The van der Waals surface area contributed by atoms with Crippen LogP contribution in [0, 0.1) is 29.1 Å². The molecule has 168 valence electrons. The molecule has 6 nitrogen and oxygen atoms in total. The lowest BCUT2D eigenvalue weighted by Crippen LogP contribution is -2.40. The lowest BCUT2D eigenvalue weighted by atomic mass is 9.98. The number of benzene rings is 1. The van der Waals surface area contributed by atoms with Crippen molar-refractivity contribution in [1.29, 1.82) is 5.26 Å². The Balaban J connectivity index is 1.74. The molecule has 2 heterocycles. The highest BCUT2D eigenvalue weighted by molar-refractivity contribution is 5.96. The molecular weight excluding hydrogens is 419 g/mol. The summed E-state index contributed by atoms with van der Waals surface area (Å²) in [4.78, 5) is 15.1. The van der Waals surface area contributed by atoms with Crippen molar-refractivity contribution in [3.63, 3.8) is 0 Å². The number of alkyl halides is 3. The van der Waals surface area contributed by atoms with Crippen LogP contribution < -0.4 is 5.32 Å². The summed E-state index contributed by atoms with van der Waals surface area (Å²) in [7, 11) is 2.09. The maximum absolute atomic E-state index is 13.2. The van der Waals surface area contributed by atoms with Gasteiger partial charge in [0.1, 0.15) is 5.54 Å². The molecule has 2 aromatic rings. The van der Waals surface area contributed by atoms with E-state index in [-0.39, 0.29) is 5.69 Å². The number of hydrogen-bond donors (Lipinski definition) is 1. The van der Waals surface area contributed by atoms with Crippen LogP contribution >= 0.6 is 0 Å². The van der Waals surface area contributed by atoms with Gasteiger partial charge in [0.2, 0.25) is 0 Å². The standard InChI is InChI=1S/C23H24F3N5O/c1-22(2,21(32)29-19-7-6-18(13-27)20(12-19)23(24,25)26)31-15-17(14-28-31)5-4-16-8-10-30(3)11-9-16/h6-7,12,14-16H,8-11H2,1-3H3,(H,29,32). The zero-order chi connectivity index (χ0) is 23.5. The number of anilines is 1. The predicted octanol–water partition coefficient (Wildman–Crippen LogP) is 3.84. The number of halogens is 3. The molecule has 0 bridgehead atoms. The van der Waals surface area contributed by atoms with E-state index >= 15 is 0 Å². The lowest BCUT2D eigenvalue weighted by molar-refractivity contribution is -0.137. The monoisotopic (exact) mass is 443 g/mol. The highest BCUT2D eigenvalue weighted by atomic mass is 19.4. The van der Waals surface area contributed by atoms with Gasteiger partial charge in [-0.1, -0.05) is 11.8 Å². The predicted molar refractivity (Wildman–Crippen MR) is 113 cm³/mol. The summed E-state index contributed by atoms with van der Waals surface area (Å²) in [5.41, 5.74) is -2.16. The van der Waals surface area contributed by atoms with Crippen LogP contribution in [0.25, 0.3) is 0 Å².